The molecule has 19 heavy (non-hydrogen) atoms. The number of H-pyrrole nitrogens is 1. The molecular weight excluding hydrogens is 268 g/mol. The standard InChI is InChI=1S/C12H16N2O4S/c15-5-9-8(16)3-10(19-9)14-4-7(6-1-2-6)11(17)13-12(14)18/h4,6,8-10,15-16H,1-3,5H2,(H,13,17,18)/t8?,9?,10-/m1/s1. The summed E-state index contributed by atoms with van der Waals surface area (Å²) in [5.74, 6) is 0.264. The Balaban J connectivity index is 1.95. The van der Waals surface area contributed by atoms with Gasteiger partial charge in [-0.15, -0.1) is 11.8 Å². The smallest absolute Gasteiger partial charge is 0.329 e. The van der Waals surface area contributed by atoms with Crippen molar-refractivity contribution in [2.75, 3.05) is 6.61 Å². The summed E-state index contributed by atoms with van der Waals surface area (Å²) in [6.45, 7) is -0.115. The number of aliphatic hydroxyl groups is 2. The van der Waals surface area contributed by atoms with Crippen LogP contribution in [-0.4, -0.2) is 37.7 Å². The first-order chi connectivity index (χ1) is 9.10. The highest BCUT2D eigenvalue weighted by atomic mass is 32.2. The normalized spacial score (nSPS) is 30.7. The first kappa shape index (κ1) is 13.0. The molecule has 0 aromatic carbocycles. The zero-order chi connectivity index (χ0) is 13.6. The van der Waals surface area contributed by atoms with Crippen molar-refractivity contribution in [2.45, 2.75) is 41.9 Å². The van der Waals surface area contributed by atoms with Gasteiger partial charge in [-0.1, -0.05) is 0 Å². The fourth-order valence-electron chi connectivity index (χ4n) is 2.45. The second-order valence-corrected chi connectivity index (χ2v) is 6.56. The minimum atomic E-state index is -0.622. The maximum absolute atomic E-state index is 11.9. The Bertz CT molecular complexity index is 592. The van der Waals surface area contributed by atoms with E-state index in [1.54, 1.807) is 6.20 Å². The van der Waals surface area contributed by atoms with Crippen LogP contribution in [-0.2, 0) is 0 Å². The second-order valence-electron chi connectivity index (χ2n) is 5.14. The highest BCUT2D eigenvalue weighted by Crippen LogP contribution is 2.42. The number of aliphatic hydroxyl groups excluding tert-OH is 2. The fraction of sp³-hybridized carbons (Fsp3) is 0.667. The Morgan fingerprint density at radius 1 is 1.42 bits per heavy atom. The van der Waals surface area contributed by atoms with E-state index in [0.29, 0.717) is 12.0 Å². The summed E-state index contributed by atoms with van der Waals surface area (Å²) in [6, 6.07) is 0. The lowest BCUT2D eigenvalue weighted by Gasteiger charge is -2.13. The van der Waals surface area contributed by atoms with E-state index in [1.165, 1.54) is 16.3 Å². The van der Waals surface area contributed by atoms with Crippen LogP contribution in [0.1, 0.15) is 36.1 Å². The van der Waals surface area contributed by atoms with Crippen LogP contribution in [0, 0.1) is 0 Å². The molecule has 1 aromatic rings. The summed E-state index contributed by atoms with van der Waals surface area (Å²) >= 11 is 1.37. The maximum atomic E-state index is 11.9. The molecule has 2 fully saturated rings. The van der Waals surface area contributed by atoms with E-state index in [1.807, 2.05) is 0 Å². The highest BCUT2D eigenvalue weighted by Gasteiger charge is 2.35. The number of nitrogens with one attached hydrogen (secondary N) is 1. The highest BCUT2D eigenvalue weighted by molar-refractivity contribution is 8.00. The third-order valence-electron chi connectivity index (χ3n) is 3.71. The molecule has 1 aliphatic heterocycles. The number of nitrogens with zero attached hydrogens (tertiary/aromatic N) is 1. The van der Waals surface area contributed by atoms with Gasteiger partial charge in [0.25, 0.3) is 5.56 Å². The van der Waals surface area contributed by atoms with Crippen molar-refractivity contribution in [3.63, 3.8) is 0 Å². The number of aromatic amines is 1. The Hall–Kier alpha value is -1.05. The van der Waals surface area contributed by atoms with Gasteiger partial charge in [-0.2, -0.15) is 0 Å². The van der Waals surface area contributed by atoms with Crippen molar-refractivity contribution in [3.8, 4) is 0 Å². The average molecular weight is 284 g/mol. The van der Waals surface area contributed by atoms with Gasteiger partial charge in [0.15, 0.2) is 0 Å². The molecule has 3 N–H and O–H groups in total. The van der Waals surface area contributed by atoms with Crippen LogP contribution in [0.3, 0.4) is 0 Å². The molecule has 7 heteroatoms. The molecule has 2 aliphatic rings. The number of hydrogen-bond donors (Lipinski definition) is 3. The number of thioether (sulfide) groups is 1. The van der Waals surface area contributed by atoms with Gasteiger partial charge in [-0.05, 0) is 18.8 Å². The first-order valence-electron chi connectivity index (χ1n) is 6.40. The topological polar surface area (TPSA) is 95.3 Å². The first-order valence-corrected chi connectivity index (χ1v) is 7.34. The van der Waals surface area contributed by atoms with Crippen LogP contribution in [0.5, 0.6) is 0 Å². The molecule has 1 aromatic heterocycles. The summed E-state index contributed by atoms with van der Waals surface area (Å²) in [7, 11) is 0. The molecule has 2 heterocycles. The monoisotopic (exact) mass is 284 g/mol. The molecule has 0 amide bonds. The van der Waals surface area contributed by atoms with Crippen molar-refractivity contribution in [3.05, 3.63) is 32.6 Å². The Morgan fingerprint density at radius 2 is 2.16 bits per heavy atom. The Labute approximate surface area is 113 Å². The molecule has 104 valence electrons. The molecule has 2 unspecified atom stereocenters. The van der Waals surface area contributed by atoms with Crippen molar-refractivity contribution in [1.29, 1.82) is 0 Å². The SMILES string of the molecule is O=c1[nH]c(=O)n([C@H]2CC(O)C(CO)S2)cc1C1CC1. The van der Waals surface area contributed by atoms with E-state index in [9.17, 15) is 14.7 Å². The molecule has 0 spiro atoms. The minimum Gasteiger partial charge on any atom is -0.395 e. The van der Waals surface area contributed by atoms with E-state index in [0.717, 1.165) is 12.8 Å². The predicted molar refractivity (Wildman–Crippen MR) is 71.4 cm³/mol. The largest absolute Gasteiger partial charge is 0.395 e. The van der Waals surface area contributed by atoms with Gasteiger partial charge < -0.3 is 10.2 Å². The zero-order valence-corrected chi connectivity index (χ0v) is 11.1. The molecule has 1 saturated heterocycles. The van der Waals surface area contributed by atoms with Gasteiger partial charge in [-0.3, -0.25) is 14.3 Å². The summed E-state index contributed by atoms with van der Waals surface area (Å²) in [6.07, 6.45) is 3.39. The lowest BCUT2D eigenvalue weighted by molar-refractivity contribution is 0.137. The van der Waals surface area contributed by atoms with Crippen LogP contribution < -0.4 is 11.2 Å². The van der Waals surface area contributed by atoms with E-state index >= 15 is 0 Å². The van der Waals surface area contributed by atoms with Gasteiger partial charge in [0.1, 0.15) is 0 Å². The van der Waals surface area contributed by atoms with Gasteiger partial charge in [-0.25, -0.2) is 4.79 Å². The molecule has 1 saturated carbocycles. The van der Waals surface area contributed by atoms with Crippen LogP contribution in [0.2, 0.25) is 0 Å². The maximum Gasteiger partial charge on any atom is 0.329 e. The Morgan fingerprint density at radius 3 is 2.74 bits per heavy atom. The van der Waals surface area contributed by atoms with Gasteiger partial charge in [0.2, 0.25) is 0 Å². The molecule has 3 rings (SSSR count). The quantitative estimate of drug-likeness (QED) is 0.713. The second kappa shape index (κ2) is 4.81. The van der Waals surface area contributed by atoms with E-state index in [-0.39, 0.29) is 28.7 Å². The lowest BCUT2D eigenvalue weighted by atomic mass is 10.2. The number of aromatic nitrogens is 2. The third kappa shape index (κ3) is 2.37. The fourth-order valence-corrected chi connectivity index (χ4v) is 3.83. The van der Waals surface area contributed by atoms with Gasteiger partial charge in [0, 0.05) is 18.2 Å². The molecule has 0 radical (unpaired) electrons. The summed E-state index contributed by atoms with van der Waals surface area (Å²) < 4.78 is 1.48. The number of hydrogen-bond acceptors (Lipinski definition) is 5. The third-order valence-corrected chi connectivity index (χ3v) is 5.25. The zero-order valence-electron chi connectivity index (χ0n) is 10.3. The van der Waals surface area contributed by atoms with Crippen LogP contribution in [0.15, 0.2) is 15.8 Å². The summed E-state index contributed by atoms with van der Waals surface area (Å²) in [4.78, 5) is 25.9. The van der Waals surface area contributed by atoms with Crippen LogP contribution in [0.25, 0.3) is 0 Å². The van der Waals surface area contributed by atoms with E-state index in [2.05, 4.69) is 4.98 Å². The van der Waals surface area contributed by atoms with Crippen molar-refractivity contribution in [1.82, 2.24) is 9.55 Å². The minimum absolute atomic E-state index is 0.115. The van der Waals surface area contributed by atoms with Crippen molar-refractivity contribution < 1.29 is 10.2 Å². The number of rotatable bonds is 3. The summed E-state index contributed by atoms with van der Waals surface area (Å²) in [5, 5.41) is 18.4. The van der Waals surface area contributed by atoms with E-state index < -0.39 is 11.8 Å². The lowest BCUT2D eigenvalue weighted by Crippen LogP contribution is -2.32. The Kier molecular flexibility index (Phi) is 3.28. The molecule has 6 nitrogen and oxygen atoms in total. The molecule has 3 atom stereocenters. The van der Waals surface area contributed by atoms with Crippen molar-refractivity contribution in [2.24, 2.45) is 0 Å². The predicted octanol–water partition coefficient (Wildman–Crippen LogP) is -0.229. The molecular formula is C12H16N2O4S. The van der Waals surface area contributed by atoms with Crippen molar-refractivity contribution >= 4 is 11.8 Å². The van der Waals surface area contributed by atoms with Crippen LogP contribution in [0.4, 0.5) is 0 Å². The molecule has 0 bridgehead atoms. The van der Waals surface area contributed by atoms with E-state index in [4.69, 9.17) is 5.11 Å². The van der Waals surface area contributed by atoms with Crippen LogP contribution >= 0.6 is 11.8 Å². The van der Waals surface area contributed by atoms with Gasteiger partial charge >= 0.3 is 5.69 Å². The van der Waals surface area contributed by atoms with Gasteiger partial charge in [0.05, 0.1) is 23.3 Å². The average Bonchev–Trinajstić information content (AvgIpc) is 3.13. The molecule has 1 aliphatic carbocycles. The summed E-state index contributed by atoms with van der Waals surface area (Å²) in [5.41, 5.74) is -0.0918.